The van der Waals surface area contributed by atoms with Gasteiger partial charge in [-0.2, -0.15) is 0 Å². The van der Waals surface area contributed by atoms with Gasteiger partial charge < -0.3 is 9.26 Å². The molecule has 0 bridgehead atoms. The molecule has 0 aliphatic carbocycles. The van der Waals surface area contributed by atoms with Crippen LogP contribution in [0.25, 0.3) is 0 Å². The third-order valence-corrected chi connectivity index (χ3v) is 1.92. The van der Waals surface area contributed by atoms with Crippen LogP contribution >= 0.6 is 7.82 Å². The van der Waals surface area contributed by atoms with E-state index in [-0.39, 0.29) is 17.8 Å². The Kier molecular flexibility index (Phi) is 4.83. The molecule has 0 spiro atoms. The Hall–Kier alpha value is -0.840. The number of phosphoric ester groups is 1. The molecule has 0 aromatic carbocycles. The molecule has 82 valence electrons. The predicted octanol–water partition coefficient (Wildman–Crippen LogP) is 0.953. The van der Waals surface area contributed by atoms with Gasteiger partial charge in [-0.25, -0.2) is 9.36 Å². The molecule has 0 heterocycles. The molecule has 0 aromatic heterocycles. The summed E-state index contributed by atoms with van der Waals surface area (Å²) in [6, 6.07) is 0. The highest BCUT2D eigenvalue weighted by molar-refractivity contribution is 7.46. The molecule has 7 heteroatoms. The minimum atomic E-state index is -4.61. The molecule has 14 heavy (non-hydrogen) atoms. The molecule has 0 aromatic rings. The van der Waals surface area contributed by atoms with E-state index in [9.17, 15) is 9.36 Å². The number of ether oxygens (including phenoxy) is 1. The zero-order valence-corrected chi connectivity index (χ0v) is 9.08. The Bertz CT molecular complexity index is 289. The highest BCUT2D eigenvalue weighted by Crippen LogP contribution is 2.40. The van der Waals surface area contributed by atoms with Gasteiger partial charge in [0.25, 0.3) is 0 Å². The summed E-state index contributed by atoms with van der Waals surface area (Å²) >= 11 is 0. The first kappa shape index (κ1) is 13.2. The van der Waals surface area contributed by atoms with E-state index in [1.54, 1.807) is 6.92 Å². The topological polar surface area (TPSA) is 93.1 Å². The van der Waals surface area contributed by atoms with Gasteiger partial charge in [0, 0.05) is 6.42 Å². The van der Waals surface area contributed by atoms with Gasteiger partial charge in [0.15, 0.2) is 0 Å². The standard InChI is InChI=1S/C7H13O6P/c1-4-6(13-14(9,10)11)5(2)7(8)12-3/h4H2,1-3H3,(H2,9,10,11). The summed E-state index contributed by atoms with van der Waals surface area (Å²) in [5.41, 5.74) is 0.0540. The number of rotatable bonds is 4. The number of allylic oxidation sites excluding steroid dienone is 1. The molecule has 0 aliphatic rings. The molecule has 0 unspecified atom stereocenters. The van der Waals surface area contributed by atoms with Crippen LogP contribution in [0.3, 0.4) is 0 Å². The molecule has 0 amide bonds. The normalized spacial score (nSPS) is 13.2. The van der Waals surface area contributed by atoms with Crippen molar-refractivity contribution in [2.45, 2.75) is 20.3 Å². The predicted molar refractivity (Wildman–Crippen MR) is 48.1 cm³/mol. The maximum Gasteiger partial charge on any atom is 0.524 e. The molecule has 0 atom stereocenters. The summed E-state index contributed by atoms with van der Waals surface area (Å²) in [5, 5.41) is 0. The molecule has 0 fully saturated rings. The lowest BCUT2D eigenvalue weighted by Gasteiger charge is -2.11. The first-order chi connectivity index (χ1) is 6.31. The van der Waals surface area contributed by atoms with Crippen molar-refractivity contribution in [2.24, 2.45) is 0 Å². The minimum Gasteiger partial charge on any atom is -0.466 e. The van der Waals surface area contributed by atoms with E-state index in [4.69, 9.17) is 9.79 Å². The van der Waals surface area contributed by atoms with Gasteiger partial charge in [-0.3, -0.25) is 9.79 Å². The summed E-state index contributed by atoms with van der Waals surface area (Å²) in [6.45, 7) is 2.98. The average Bonchev–Trinajstić information content (AvgIpc) is 2.10. The number of methoxy groups -OCH3 is 1. The van der Waals surface area contributed by atoms with Gasteiger partial charge in [-0.1, -0.05) is 6.92 Å². The summed E-state index contributed by atoms with van der Waals surface area (Å²) < 4.78 is 19.2. The Morgan fingerprint density at radius 1 is 1.43 bits per heavy atom. The van der Waals surface area contributed by atoms with E-state index >= 15 is 0 Å². The molecular weight excluding hydrogens is 211 g/mol. The molecule has 0 saturated heterocycles. The lowest BCUT2D eigenvalue weighted by atomic mass is 10.2. The molecule has 6 nitrogen and oxygen atoms in total. The van der Waals surface area contributed by atoms with Crippen molar-refractivity contribution < 1.29 is 28.4 Å². The Labute approximate surface area is 81.8 Å². The van der Waals surface area contributed by atoms with Gasteiger partial charge in [0.05, 0.1) is 12.7 Å². The molecule has 0 radical (unpaired) electrons. The van der Waals surface area contributed by atoms with E-state index in [0.29, 0.717) is 0 Å². The van der Waals surface area contributed by atoms with Crippen molar-refractivity contribution in [1.82, 2.24) is 0 Å². The Balaban J connectivity index is 4.86. The van der Waals surface area contributed by atoms with Crippen LogP contribution in [0.15, 0.2) is 11.3 Å². The molecular formula is C7H13O6P. The fourth-order valence-electron chi connectivity index (χ4n) is 0.809. The Morgan fingerprint density at radius 3 is 2.21 bits per heavy atom. The van der Waals surface area contributed by atoms with Crippen LogP contribution in [0.5, 0.6) is 0 Å². The van der Waals surface area contributed by atoms with Crippen LogP contribution in [-0.2, 0) is 18.6 Å². The second kappa shape index (κ2) is 5.14. The quantitative estimate of drug-likeness (QED) is 0.319. The van der Waals surface area contributed by atoms with Crippen molar-refractivity contribution >= 4 is 13.8 Å². The third kappa shape index (κ3) is 4.41. The highest BCUT2D eigenvalue weighted by atomic mass is 31.2. The van der Waals surface area contributed by atoms with E-state index in [1.165, 1.54) is 14.0 Å². The van der Waals surface area contributed by atoms with Crippen molar-refractivity contribution in [3.63, 3.8) is 0 Å². The lowest BCUT2D eigenvalue weighted by Crippen LogP contribution is -2.06. The first-order valence-corrected chi connectivity index (χ1v) is 5.38. The summed E-state index contributed by atoms with van der Waals surface area (Å²) in [4.78, 5) is 28.0. The zero-order chi connectivity index (χ0) is 11.4. The van der Waals surface area contributed by atoms with Crippen molar-refractivity contribution in [3.05, 3.63) is 11.3 Å². The first-order valence-electron chi connectivity index (χ1n) is 3.85. The van der Waals surface area contributed by atoms with Crippen LogP contribution in [-0.4, -0.2) is 22.9 Å². The van der Waals surface area contributed by atoms with Crippen molar-refractivity contribution in [2.75, 3.05) is 7.11 Å². The van der Waals surface area contributed by atoms with Crippen molar-refractivity contribution in [3.8, 4) is 0 Å². The second-order valence-corrected chi connectivity index (χ2v) is 3.64. The average molecular weight is 224 g/mol. The van der Waals surface area contributed by atoms with Crippen LogP contribution in [0.1, 0.15) is 20.3 Å². The second-order valence-electron chi connectivity index (χ2n) is 2.48. The van der Waals surface area contributed by atoms with E-state index < -0.39 is 13.8 Å². The third-order valence-electron chi connectivity index (χ3n) is 1.46. The fraction of sp³-hybridized carbons (Fsp3) is 0.571. The SMILES string of the molecule is CCC(OP(=O)(O)O)=C(C)C(=O)OC. The number of carbonyl (C=O) groups excluding carboxylic acids is 1. The van der Waals surface area contributed by atoms with Gasteiger partial charge in [-0.05, 0) is 6.92 Å². The monoisotopic (exact) mass is 224 g/mol. The minimum absolute atomic E-state index is 0.0540. The smallest absolute Gasteiger partial charge is 0.466 e. The largest absolute Gasteiger partial charge is 0.524 e. The number of carbonyl (C=O) groups is 1. The Morgan fingerprint density at radius 2 is 1.93 bits per heavy atom. The number of hydrogen-bond acceptors (Lipinski definition) is 4. The summed E-state index contributed by atoms with van der Waals surface area (Å²) in [7, 11) is -3.43. The number of phosphoric acid groups is 1. The molecule has 0 aliphatic heterocycles. The van der Waals surface area contributed by atoms with E-state index in [1.807, 2.05) is 0 Å². The zero-order valence-electron chi connectivity index (χ0n) is 8.18. The van der Waals surface area contributed by atoms with Crippen LogP contribution in [0, 0.1) is 0 Å². The number of esters is 1. The summed E-state index contributed by atoms with van der Waals surface area (Å²) in [6.07, 6.45) is 0.200. The highest BCUT2D eigenvalue weighted by Gasteiger charge is 2.20. The van der Waals surface area contributed by atoms with Crippen LogP contribution < -0.4 is 0 Å². The molecule has 0 saturated carbocycles. The van der Waals surface area contributed by atoms with Crippen molar-refractivity contribution in [1.29, 1.82) is 0 Å². The van der Waals surface area contributed by atoms with Gasteiger partial charge >= 0.3 is 13.8 Å². The van der Waals surface area contributed by atoms with E-state index in [0.717, 1.165) is 0 Å². The van der Waals surface area contributed by atoms with Gasteiger partial charge in [0.2, 0.25) is 0 Å². The van der Waals surface area contributed by atoms with Gasteiger partial charge in [0.1, 0.15) is 5.76 Å². The maximum atomic E-state index is 11.0. The van der Waals surface area contributed by atoms with E-state index in [2.05, 4.69) is 9.26 Å². The molecule has 2 N–H and O–H groups in total. The number of hydrogen-bond donors (Lipinski definition) is 2. The fourth-order valence-corrected chi connectivity index (χ4v) is 1.36. The van der Waals surface area contributed by atoms with Crippen LogP contribution in [0.2, 0.25) is 0 Å². The van der Waals surface area contributed by atoms with Crippen LogP contribution in [0.4, 0.5) is 0 Å². The van der Waals surface area contributed by atoms with Gasteiger partial charge in [-0.15, -0.1) is 0 Å². The maximum absolute atomic E-state index is 11.0. The molecule has 0 rings (SSSR count). The summed E-state index contributed by atoms with van der Waals surface area (Å²) in [5.74, 6) is -0.736. The lowest BCUT2D eigenvalue weighted by molar-refractivity contribution is -0.136.